The molecule has 2 atom stereocenters. The molecule has 2 unspecified atom stereocenters. The molecule has 1 aromatic rings. The Morgan fingerprint density at radius 3 is 2.46 bits per heavy atom. The van der Waals surface area contributed by atoms with Crippen molar-refractivity contribution in [3.05, 3.63) is 29.8 Å². The molecular weight excluding hydrogens is 358 g/mol. The highest BCUT2D eigenvalue weighted by atomic mass is 16.5. The quantitative estimate of drug-likeness (QED) is 0.669. The van der Waals surface area contributed by atoms with Crippen molar-refractivity contribution in [2.24, 2.45) is 11.8 Å². The third-order valence-corrected chi connectivity index (χ3v) is 4.90. The topological polar surface area (TPSA) is 87.7 Å². The SMILES string of the molecule is CCCCN1C(=O)CC(C(=O)NNC(=O)CC(C)C)C1c1ccc(OC)cc1. The third-order valence-electron chi connectivity index (χ3n) is 4.90. The Morgan fingerprint density at radius 1 is 1.21 bits per heavy atom. The van der Waals surface area contributed by atoms with Crippen molar-refractivity contribution in [1.82, 2.24) is 15.8 Å². The summed E-state index contributed by atoms with van der Waals surface area (Å²) in [7, 11) is 1.59. The Kier molecular flexibility index (Phi) is 7.84. The Morgan fingerprint density at radius 2 is 1.89 bits per heavy atom. The molecule has 0 spiro atoms. The molecule has 7 nitrogen and oxygen atoms in total. The molecule has 1 aliphatic rings. The Hall–Kier alpha value is -2.57. The smallest absolute Gasteiger partial charge is 0.244 e. The number of unbranched alkanes of at least 4 members (excludes halogenated alkanes) is 1. The van der Waals surface area contributed by atoms with E-state index in [1.165, 1.54) is 0 Å². The lowest BCUT2D eigenvalue weighted by atomic mass is 9.93. The van der Waals surface area contributed by atoms with Crippen molar-refractivity contribution in [3.63, 3.8) is 0 Å². The summed E-state index contributed by atoms with van der Waals surface area (Å²) in [5.41, 5.74) is 5.86. The number of rotatable bonds is 8. The maximum Gasteiger partial charge on any atom is 0.244 e. The van der Waals surface area contributed by atoms with Gasteiger partial charge < -0.3 is 9.64 Å². The van der Waals surface area contributed by atoms with E-state index in [1.807, 2.05) is 38.1 Å². The predicted molar refractivity (Wildman–Crippen MR) is 106 cm³/mol. The number of ether oxygens (including phenoxy) is 1. The van der Waals surface area contributed by atoms with E-state index in [-0.39, 0.29) is 36.1 Å². The van der Waals surface area contributed by atoms with Gasteiger partial charge in [0, 0.05) is 19.4 Å². The summed E-state index contributed by atoms with van der Waals surface area (Å²) in [5.74, 6) is -0.265. The van der Waals surface area contributed by atoms with E-state index in [0.29, 0.717) is 13.0 Å². The first kappa shape index (κ1) is 21.7. The number of nitrogens with one attached hydrogen (secondary N) is 2. The first-order valence-electron chi connectivity index (χ1n) is 9.89. The van der Waals surface area contributed by atoms with Gasteiger partial charge in [-0.15, -0.1) is 0 Å². The monoisotopic (exact) mass is 389 g/mol. The molecule has 3 amide bonds. The molecule has 2 N–H and O–H groups in total. The molecule has 1 aliphatic heterocycles. The molecule has 0 aliphatic carbocycles. The van der Waals surface area contributed by atoms with E-state index in [4.69, 9.17) is 4.74 Å². The Labute approximate surface area is 166 Å². The lowest BCUT2D eigenvalue weighted by Crippen LogP contribution is -2.46. The van der Waals surface area contributed by atoms with Crippen LogP contribution in [0.4, 0.5) is 0 Å². The summed E-state index contributed by atoms with van der Waals surface area (Å²) in [5, 5.41) is 0. The zero-order chi connectivity index (χ0) is 20.7. The highest BCUT2D eigenvalue weighted by Gasteiger charge is 2.44. The van der Waals surface area contributed by atoms with E-state index in [1.54, 1.807) is 12.0 Å². The summed E-state index contributed by atoms with van der Waals surface area (Å²) in [4.78, 5) is 39.0. The fourth-order valence-electron chi connectivity index (χ4n) is 3.48. The second-order valence-electron chi connectivity index (χ2n) is 7.60. The minimum Gasteiger partial charge on any atom is -0.497 e. The first-order chi connectivity index (χ1) is 13.4. The third kappa shape index (κ3) is 5.47. The Bertz CT molecular complexity index is 687. The number of methoxy groups -OCH3 is 1. The number of nitrogens with zero attached hydrogens (tertiary/aromatic N) is 1. The van der Waals surface area contributed by atoms with Gasteiger partial charge in [-0.2, -0.15) is 0 Å². The number of hydrazine groups is 1. The second-order valence-corrected chi connectivity index (χ2v) is 7.60. The maximum absolute atomic E-state index is 12.8. The molecule has 28 heavy (non-hydrogen) atoms. The van der Waals surface area contributed by atoms with Gasteiger partial charge in [-0.3, -0.25) is 25.2 Å². The standard InChI is InChI=1S/C21H31N3O4/c1-5-6-11-24-19(26)13-17(21(27)23-22-18(25)12-14(2)3)20(24)15-7-9-16(28-4)10-8-15/h7-10,14,17,20H,5-6,11-13H2,1-4H3,(H,22,25)(H,23,27). The average Bonchev–Trinajstić information content (AvgIpc) is 3.00. The van der Waals surface area contributed by atoms with Crippen LogP contribution >= 0.6 is 0 Å². The van der Waals surface area contributed by atoms with Crippen LogP contribution < -0.4 is 15.6 Å². The van der Waals surface area contributed by atoms with Crippen LogP contribution in [0, 0.1) is 11.8 Å². The van der Waals surface area contributed by atoms with Crippen LogP contribution in [0.3, 0.4) is 0 Å². The highest BCUT2D eigenvalue weighted by Crippen LogP contribution is 2.39. The van der Waals surface area contributed by atoms with Gasteiger partial charge in [-0.05, 0) is 30.0 Å². The van der Waals surface area contributed by atoms with Gasteiger partial charge in [0.2, 0.25) is 17.7 Å². The number of hydrogen-bond acceptors (Lipinski definition) is 4. The van der Waals surface area contributed by atoms with Crippen molar-refractivity contribution < 1.29 is 19.1 Å². The highest BCUT2D eigenvalue weighted by molar-refractivity contribution is 5.91. The fraction of sp³-hybridized carbons (Fsp3) is 0.571. The minimum absolute atomic E-state index is 0.0390. The van der Waals surface area contributed by atoms with Crippen molar-refractivity contribution in [2.45, 2.75) is 52.5 Å². The molecule has 1 saturated heterocycles. The minimum atomic E-state index is -0.558. The van der Waals surface area contributed by atoms with Crippen LogP contribution in [-0.2, 0) is 14.4 Å². The molecular formula is C21H31N3O4. The molecule has 2 rings (SSSR count). The van der Waals surface area contributed by atoms with Crippen molar-refractivity contribution in [3.8, 4) is 5.75 Å². The van der Waals surface area contributed by atoms with Crippen molar-refractivity contribution in [2.75, 3.05) is 13.7 Å². The van der Waals surface area contributed by atoms with Gasteiger partial charge in [0.05, 0.1) is 19.1 Å². The average molecular weight is 389 g/mol. The molecule has 0 bridgehead atoms. The van der Waals surface area contributed by atoms with Crippen LogP contribution in [0.1, 0.15) is 58.1 Å². The lowest BCUT2D eigenvalue weighted by Gasteiger charge is -2.28. The van der Waals surface area contributed by atoms with Crippen LogP contribution in [0.15, 0.2) is 24.3 Å². The number of carbonyl (C=O) groups excluding carboxylic acids is 3. The lowest BCUT2D eigenvalue weighted by molar-refractivity contribution is -0.132. The van der Waals surface area contributed by atoms with Gasteiger partial charge in [0.1, 0.15) is 5.75 Å². The molecule has 0 saturated carbocycles. The maximum atomic E-state index is 12.8. The number of hydrogen-bond donors (Lipinski definition) is 2. The van der Waals surface area contributed by atoms with E-state index in [0.717, 1.165) is 24.2 Å². The number of carbonyl (C=O) groups is 3. The van der Waals surface area contributed by atoms with Crippen LogP contribution in [0.25, 0.3) is 0 Å². The zero-order valence-electron chi connectivity index (χ0n) is 17.2. The van der Waals surface area contributed by atoms with Gasteiger partial charge in [-0.1, -0.05) is 39.3 Å². The largest absolute Gasteiger partial charge is 0.497 e. The molecule has 0 radical (unpaired) electrons. The summed E-state index contributed by atoms with van der Waals surface area (Å²) in [6.45, 7) is 6.54. The second kappa shape index (κ2) is 10.1. The molecule has 1 heterocycles. The summed E-state index contributed by atoms with van der Waals surface area (Å²) in [6.07, 6.45) is 2.29. The van der Waals surface area contributed by atoms with Crippen molar-refractivity contribution >= 4 is 17.7 Å². The first-order valence-corrected chi connectivity index (χ1v) is 9.89. The van der Waals surface area contributed by atoms with E-state index in [2.05, 4.69) is 17.8 Å². The number of likely N-dealkylation sites (tertiary alicyclic amines) is 1. The van der Waals surface area contributed by atoms with Crippen LogP contribution in [0.5, 0.6) is 5.75 Å². The van der Waals surface area contributed by atoms with E-state index in [9.17, 15) is 14.4 Å². The van der Waals surface area contributed by atoms with E-state index >= 15 is 0 Å². The number of benzene rings is 1. The molecule has 7 heteroatoms. The van der Waals surface area contributed by atoms with Gasteiger partial charge in [0.25, 0.3) is 0 Å². The fourth-order valence-corrected chi connectivity index (χ4v) is 3.48. The normalized spacial score (nSPS) is 19.0. The van der Waals surface area contributed by atoms with Crippen molar-refractivity contribution in [1.29, 1.82) is 0 Å². The summed E-state index contributed by atoms with van der Waals surface area (Å²) < 4.78 is 5.21. The van der Waals surface area contributed by atoms with Crippen LogP contribution in [-0.4, -0.2) is 36.3 Å². The molecule has 154 valence electrons. The summed E-state index contributed by atoms with van der Waals surface area (Å²) >= 11 is 0. The Balaban J connectivity index is 2.18. The van der Waals surface area contributed by atoms with Crippen LogP contribution in [0.2, 0.25) is 0 Å². The van der Waals surface area contributed by atoms with Gasteiger partial charge in [0.15, 0.2) is 0 Å². The predicted octanol–water partition coefficient (Wildman–Crippen LogP) is 2.58. The van der Waals surface area contributed by atoms with E-state index < -0.39 is 5.92 Å². The molecule has 0 aromatic heterocycles. The van der Waals surface area contributed by atoms with Gasteiger partial charge in [-0.25, -0.2) is 0 Å². The molecule has 1 aromatic carbocycles. The zero-order valence-corrected chi connectivity index (χ0v) is 17.2. The van der Waals surface area contributed by atoms with Gasteiger partial charge >= 0.3 is 0 Å². The molecule has 1 fully saturated rings. The summed E-state index contributed by atoms with van der Waals surface area (Å²) in [6, 6.07) is 7.08. The number of amides is 3.